The molecule has 0 aliphatic heterocycles. The molecule has 0 atom stereocenters. The summed E-state index contributed by atoms with van der Waals surface area (Å²) >= 11 is 0. The van der Waals surface area contributed by atoms with Crippen LogP contribution in [0.1, 0.15) is 35.6 Å². The van der Waals surface area contributed by atoms with Crippen LogP contribution < -0.4 is 0 Å². The predicted molar refractivity (Wildman–Crippen MR) is 54.7 cm³/mol. The summed E-state index contributed by atoms with van der Waals surface area (Å²) in [5.41, 5.74) is -1.26. The number of alkyl halides is 3. The highest BCUT2D eigenvalue weighted by molar-refractivity contribution is 5.88. The lowest BCUT2D eigenvalue weighted by Gasteiger charge is -2.11. The highest BCUT2D eigenvalue weighted by Gasteiger charge is 2.33. The third-order valence-corrected chi connectivity index (χ3v) is 2.10. The first kappa shape index (κ1) is 13.5. The molecule has 94 valence electrons. The number of aromatic nitrogens is 1. The minimum Gasteiger partial charge on any atom is -0.478 e. The summed E-state index contributed by atoms with van der Waals surface area (Å²) in [5, 5.41) is 8.85. The van der Waals surface area contributed by atoms with E-state index in [9.17, 15) is 18.0 Å². The average molecular weight is 247 g/mol. The summed E-state index contributed by atoms with van der Waals surface area (Å²) in [5.74, 6) is -1.23. The highest BCUT2D eigenvalue weighted by Crippen LogP contribution is 2.28. The maximum atomic E-state index is 12.4. The van der Waals surface area contributed by atoms with E-state index in [1.165, 1.54) is 0 Å². The number of carboxylic acids is 1. The molecule has 0 saturated heterocycles. The first-order valence-electron chi connectivity index (χ1n) is 5.02. The van der Waals surface area contributed by atoms with Gasteiger partial charge in [0.05, 0.1) is 11.3 Å². The average Bonchev–Trinajstić information content (AvgIpc) is 2.14. The number of aromatic carboxylic acids is 1. The predicted octanol–water partition coefficient (Wildman–Crippen LogP) is 3.00. The van der Waals surface area contributed by atoms with E-state index in [0.29, 0.717) is 6.07 Å². The van der Waals surface area contributed by atoms with Crippen molar-refractivity contribution in [2.24, 2.45) is 5.92 Å². The van der Waals surface area contributed by atoms with Crippen LogP contribution in [0.15, 0.2) is 12.1 Å². The van der Waals surface area contributed by atoms with Crippen LogP contribution in [0.3, 0.4) is 0 Å². The lowest BCUT2D eigenvalue weighted by molar-refractivity contribution is -0.141. The Balaban J connectivity index is 3.24. The van der Waals surface area contributed by atoms with Crippen molar-refractivity contribution in [3.05, 3.63) is 29.1 Å². The molecule has 0 radical (unpaired) electrons. The van der Waals surface area contributed by atoms with Gasteiger partial charge in [-0.15, -0.1) is 0 Å². The number of halogens is 3. The molecule has 0 unspecified atom stereocenters. The zero-order valence-electron chi connectivity index (χ0n) is 9.38. The second kappa shape index (κ2) is 4.73. The Kier molecular flexibility index (Phi) is 3.75. The number of pyridine rings is 1. The summed E-state index contributed by atoms with van der Waals surface area (Å²) in [4.78, 5) is 14.2. The molecule has 1 aromatic heterocycles. The van der Waals surface area contributed by atoms with E-state index in [4.69, 9.17) is 5.11 Å². The zero-order chi connectivity index (χ0) is 13.2. The molecule has 1 aromatic rings. The Bertz CT molecular complexity index is 427. The molecule has 0 bridgehead atoms. The number of hydrogen-bond acceptors (Lipinski definition) is 2. The second-order valence-corrected chi connectivity index (χ2v) is 4.09. The molecule has 0 aliphatic rings. The summed E-state index contributed by atoms with van der Waals surface area (Å²) in [6.45, 7) is 3.57. The Morgan fingerprint density at radius 3 is 2.41 bits per heavy atom. The van der Waals surface area contributed by atoms with Crippen LogP contribution in [0.5, 0.6) is 0 Å². The number of hydrogen-bond donors (Lipinski definition) is 1. The molecule has 0 spiro atoms. The number of nitrogens with zero attached hydrogens (tertiary/aromatic N) is 1. The van der Waals surface area contributed by atoms with Gasteiger partial charge in [0.1, 0.15) is 5.69 Å². The van der Waals surface area contributed by atoms with Gasteiger partial charge in [0.25, 0.3) is 0 Å². The Morgan fingerprint density at radius 2 is 2.00 bits per heavy atom. The van der Waals surface area contributed by atoms with Crippen LogP contribution in [0, 0.1) is 5.92 Å². The second-order valence-electron chi connectivity index (χ2n) is 4.09. The smallest absolute Gasteiger partial charge is 0.433 e. The molecule has 0 aromatic carbocycles. The van der Waals surface area contributed by atoms with E-state index in [0.717, 1.165) is 6.07 Å². The van der Waals surface area contributed by atoms with Crippen molar-refractivity contribution in [1.82, 2.24) is 4.98 Å². The normalized spacial score (nSPS) is 11.9. The van der Waals surface area contributed by atoms with E-state index in [1.54, 1.807) is 13.8 Å². The fourth-order valence-electron chi connectivity index (χ4n) is 1.40. The van der Waals surface area contributed by atoms with E-state index in [-0.39, 0.29) is 23.6 Å². The molecule has 1 heterocycles. The molecule has 0 aliphatic carbocycles. The monoisotopic (exact) mass is 247 g/mol. The quantitative estimate of drug-likeness (QED) is 0.893. The van der Waals surface area contributed by atoms with Gasteiger partial charge in [-0.05, 0) is 24.5 Å². The van der Waals surface area contributed by atoms with Crippen LogP contribution in [0.4, 0.5) is 13.2 Å². The van der Waals surface area contributed by atoms with E-state index < -0.39 is 17.8 Å². The van der Waals surface area contributed by atoms with Crippen molar-refractivity contribution >= 4 is 5.97 Å². The summed E-state index contributed by atoms with van der Waals surface area (Å²) in [7, 11) is 0. The van der Waals surface area contributed by atoms with Gasteiger partial charge in [0.2, 0.25) is 0 Å². The molecular formula is C11H12F3NO2. The Morgan fingerprint density at radius 1 is 1.41 bits per heavy atom. The standard InChI is InChI=1S/C11H12F3NO2/c1-6(2)5-8-7(10(16)17)3-4-9(15-8)11(12,13)14/h3-4,6H,5H2,1-2H3,(H,16,17). The minimum absolute atomic E-state index is 0.0256. The largest absolute Gasteiger partial charge is 0.478 e. The highest BCUT2D eigenvalue weighted by atomic mass is 19.4. The summed E-state index contributed by atoms with van der Waals surface area (Å²) < 4.78 is 37.3. The first-order valence-corrected chi connectivity index (χ1v) is 5.02. The zero-order valence-corrected chi connectivity index (χ0v) is 9.38. The van der Waals surface area contributed by atoms with Gasteiger partial charge in [-0.2, -0.15) is 13.2 Å². The lowest BCUT2D eigenvalue weighted by Crippen LogP contribution is -2.14. The molecule has 6 heteroatoms. The third kappa shape index (κ3) is 3.44. The number of rotatable bonds is 3. The van der Waals surface area contributed by atoms with E-state index >= 15 is 0 Å². The summed E-state index contributed by atoms with van der Waals surface area (Å²) in [6, 6.07) is 1.64. The van der Waals surface area contributed by atoms with Gasteiger partial charge in [-0.1, -0.05) is 13.8 Å². The van der Waals surface area contributed by atoms with Crippen molar-refractivity contribution in [1.29, 1.82) is 0 Å². The van der Waals surface area contributed by atoms with Gasteiger partial charge in [0, 0.05) is 0 Å². The molecule has 0 amide bonds. The molecule has 1 N–H and O–H groups in total. The van der Waals surface area contributed by atoms with Crippen LogP contribution >= 0.6 is 0 Å². The Hall–Kier alpha value is -1.59. The van der Waals surface area contributed by atoms with Crippen molar-refractivity contribution in [2.75, 3.05) is 0 Å². The topological polar surface area (TPSA) is 50.2 Å². The van der Waals surface area contributed by atoms with Crippen molar-refractivity contribution in [3.63, 3.8) is 0 Å². The number of carboxylic acid groups (broad SMARTS) is 1. The molecule has 1 rings (SSSR count). The van der Waals surface area contributed by atoms with Gasteiger partial charge in [0.15, 0.2) is 0 Å². The van der Waals surface area contributed by atoms with Crippen LogP contribution in [0.2, 0.25) is 0 Å². The van der Waals surface area contributed by atoms with Crippen LogP contribution in [-0.2, 0) is 12.6 Å². The molecule has 0 saturated carbocycles. The van der Waals surface area contributed by atoms with Crippen molar-refractivity contribution < 1.29 is 23.1 Å². The van der Waals surface area contributed by atoms with E-state index in [1.807, 2.05) is 0 Å². The van der Waals surface area contributed by atoms with Gasteiger partial charge < -0.3 is 5.11 Å². The Labute approximate surface area is 96.3 Å². The first-order chi connectivity index (χ1) is 7.71. The van der Waals surface area contributed by atoms with Crippen LogP contribution in [0.25, 0.3) is 0 Å². The van der Waals surface area contributed by atoms with Crippen molar-refractivity contribution in [3.8, 4) is 0 Å². The molecule has 3 nitrogen and oxygen atoms in total. The fraction of sp³-hybridized carbons (Fsp3) is 0.455. The molecular weight excluding hydrogens is 235 g/mol. The minimum atomic E-state index is -4.55. The molecule has 17 heavy (non-hydrogen) atoms. The maximum absolute atomic E-state index is 12.4. The SMILES string of the molecule is CC(C)Cc1nc(C(F)(F)F)ccc1C(=O)O. The number of carbonyl (C=O) groups is 1. The summed E-state index contributed by atoms with van der Waals surface area (Å²) in [6.07, 6.45) is -4.35. The van der Waals surface area contributed by atoms with Crippen LogP contribution in [-0.4, -0.2) is 16.1 Å². The van der Waals surface area contributed by atoms with Gasteiger partial charge in [-0.25, -0.2) is 9.78 Å². The van der Waals surface area contributed by atoms with Gasteiger partial charge >= 0.3 is 12.1 Å². The van der Waals surface area contributed by atoms with E-state index in [2.05, 4.69) is 4.98 Å². The molecule has 0 fully saturated rings. The lowest BCUT2D eigenvalue weighted by atomic mass is 10.0. The van der Waals surface area contributed by atoms with Crippen molar-refractivity contribution in [2.45, 2.75) is 26.4 Å². The maximum Gasteiger partial charge on any atom is 0.433 e. The fourth-order valence-corrected chi connectivity index (χ4v) is 1.40. The third-order valence-electron chi connectivity index (χ3n) is 2.10. The van der Waals surface area contributed by atoms with Gasteiger partial charge in [-0.3, -0.25) is 0 Å².